The molecule has 0 N–H and O–H groups in total. The second-order valence-corrected chi connectivity index (χ2v) is 4.71. The SMILES string of the molecule is Cc1ccccc1C(N=C=O)(N=C=O)c1ccccc1C. The number of nitrogens with zero attached hydrogens (tertiary/aromatic N) is 2. The molecule has 0 saturated carbocycles. The van der Waals surface area contributed by atoms with Crippen LogP contribution in [0.3, 0.4) is 0 Å². The van der Waals surface area contributed by atoms with Crippen LogP contribution in [-0.2, 0) is 15.3 Å². The highest BCUT2D eigenvalue weighted by molar-refractivity contribution is 5.52. The molecule has 0 aromatic heterocycles. The zero-order chi connectivity index (χ0) is 15.3. The van der Waals surface area contributed by atoms with Gasteiger partial charge in [0, 0.05) is 11.1 Å². The smallest absolute Gasteiger partial charge is 0.211 e. The van der Waals surface area contributed by atoms with Gasteiger partial charge in [0.15, 0.2) is 0 Å². The molecule has 2 aromatic carbocycles. The third kappa shape index (κ3) is 2.59. The van der Waals surface area contributed by atoms with E-state index in [-0.39, 0.29) is 0 Å². The molecule has 0 spiro atoms. The maximum Gasteiger partial charge on any atom is 0.238 e. The van der Waals surface area contributed by atoms with Gasteiger partial charge in [-0.1, -0.05) is 48.5 Å². The molecule has 0 aliphatic rings. The summed E-state index contributed by atoms with van der Waals surface area (Å²) in [6.07, 6.45) is 3.09. The highest BCUT2D eigenvalue weighted by Gasteiger charge is 2.36. The van der Waals surface area contributed by atoms with E-state index in [1.807, 2.05) is 50.2 Å². The standard InChI is InChI=1S/C17H14N2O2/c1-13-7-3-5-9-15(13)17(18-11-20,19-12-21)16-10-6-4-8-14(16)2/h3-10H,1-2H3. The van der Waals surface area contributed by atoms with E-state index in [1.54, 1.807) is 24.3 Å². The third-order valence-electron chi connectivity index (χ3n) is 3.46. The summed E-state index contributed by atoms with van der Waals surface area (Å²) < 4.78 is 0. The van der Waals surface area contributed by atoms with E-state index >= 15 is 0 Å². The Balaban J connectivity index is 2.89. The largest absolute Gasteiger partial charge is 0.238 e. The van der Waals surface area contributed by atoms with Gasteiger partial charge in [0.2, 0.25) is 17.8 Å². The van der Waals surface area contributed by atoms with E-state index in [2.05, 4.69) is 9.98 Å². The molecule has 0 heterocycles. The number of isocyanates is 2. The van der Waals surface area contributed by atoms with E-state index < -0.39 is 5.66 Å². The first-order valence-electron chi connectivity index (χ1n) is 6.46. The fourth-order valence-electron chi connectivity index (χ4n) is 2.47. The van der Waals surface area contributed by atoms with Crippen molar-refractivity contribution in [1.29, 1.82) is 0 Å². The van der Waals surface area contributed by atoms with Crippen LogP contribution in [0, 0.1) is 13.8 Å². The van der Waals surface area contributed by atoms with Crippen molar-refractivity contribution < 1.29 is 9.59 Å². The summed E-state index contributed by atoms with van der Waals surface area (Å²) in [5, 5.41) is 0. The summed E-state index contributed by atoms with van der Waals surface area (Å²) in [6, 6.07) is 14.7. The first-order chi connectivity index (χ1) is 10.2. The lowest BCUT2D eigenvalue weighted by molar-refractivity contribution is 0.513. The fourth-order valence-corrected chi connectivity index (χ4v) is 2.47. The predicted molar refractivity (Wildman–Crippen MR) is 79.4 cm³/mol. The number of benzene rings is 2. The van der Waals surface area contributed by atoms with Crippen LogP contribution in [0.5, 0.6) is 0 Å². The fraction of sp³-hybridized carbons (Fsp3) is 0.176. The molecule has 4 nitrogen and oxygen atoms in total. The zero-order valence-electron chi connectivity index (χ0n) is 11.8. The Bertz CT molecular complexity index is 689. The van der Waals surface area contributed by atoms with Crippen molar-refractivity contribution in [2.45, 2.75) is 19.5 Å². The first kappa shape index (κ1) is 14.6. The lowest BCUT2D eigenvalue weighted by Crippen LogP contribution is -2.25. The predicted octanol–water partition coefficient (Wildman–Crippen LogP) is 3.18. The topological polar surface area (TPSA) is 58.9 Å². The van der Waals surface area contributed by atoms with Crippen molar-refractivity contribution in [3.05, 3.63) is 70.8 Å². The van der Waals surface area contributed by atoms with Crippen molar-refractivity contribution >= 4 is 12.2 Å². The summed E-state index contributed by atoms with van der Waals surface area (Å²) in [4.78, 5) is 29.7. The van der Waals surface area contributed by atoms with Crippen molar-refractivity contribution in [2.75, 3.05) is 0 Å². The molecule has 0 fully saturated rings. The van der Waals surface area contributed by atoms with Gasteiger partial charge < -0.3 is 0 Å². The van der Waals surface area contributed by atoms with Crippen LogP contribution in [0.4, 0.5) is 0 Å². The van der Waals surface area contributed by atoms with Gasteiger partial charge in [0.05, 0.1) is 0 Å². The summed E-state index contributed by atoms with van der Waals surface area (Å²) in [6.45, 7) is 3.76. The highest BCUT2D eigenvalue weighted by Crippen LogP contribution is 2.38. The van der Waals surface area contributed by atoms with E-state index in [1.165, 1.54) is 0 Å². The van der Waals surface area contributed by atoms with Crippen LogP contribution in [0.1, 0.15) is 22.3 Å². The number of carbonyl (C=O) groups excluding carboxylic acids is 2. The average Bonchev–Trinajstić information content (AvgIpc) is 2.48. The lowest BCUT2D eigenvalue weighted by Gasteiger charge is -2.26. The summed E-state index contributed by atoms with van der Waals surface area (Å²) in [5.41, 5.74) is 1.63. The summed E-state index contributed by atoms with van der Waals surface area (Å²) in [7, 11) is 0. The van der Waals surface area contributed by atoms with Gasteiger partial charge in [-0.3, -0.25) is 0 Å². The van der Waals surface area contributed by atoms with Crippen LogP contribution in [0.15, 0.2) is 58.5 Å². The summed E-state index contributed by atoms with van der Waals surface area (Å²) >= 11 is 0. The number of hydrogen-bond donors (Lipinski definition) is 0. The Hall–Kier alpha value is -2.80. The molecule has 0 atom stereocenters. The molecule has 21 heavy (non-hydrogen) atoms. The van der Waals surface area contributed by atoms with Gasteiger partial charge in [-0.15, -0.1) is 0 Å². The van der Waals surface area contributed by atoms with Gasteiger partial charge in [0.1, 0.15) is 0 Å². The van der Waals surface area contributed by atoms with Gasteiger partial charge in [-0.25, -0.2) is 9.59 Å². The van der Waals surface area contributed by atoms with Crippen LogP contribution in [-0.4, -0.2) is 12.2 Å². The number of hydrogen-bond acceptors (Lipinski definition) is 4. The molecule has 2 aromatic rings. The minimum atomic E-state index is -1.43. The van der Waals surface area contributed by atoms with Gasteiger partial charge in [-0.2, -0.15) is 9.98 Å². The third-order valence-corrected chi connectivity index (χ3v) is 3.46. The quantitative estimate of drug-likeness (QED) is 0.637. The molecular formula is C17H14N2O2. The van der Waals surface area contributed by atoms with E-state index in [9.17, 15) is 9.59 Å². The maximum absolute atomic E-state index is 11.0. The van der Waals surface area contributed by atoms with Crippen LogP contribution < -0.4 is 0 Å². The Morgan fingerprint density at radius 1 is 0.762 bits per heavy atom. The van der Waals surface area contributed by atoms with E-state index in [0.29, 0.717) is 11.1 Å². The van der Waals surface area contributed by atoms with Gasteiger partial charge in [0.25, 0.3) is 0 Å². The molecule has 0 aliphatic heterocycles. The van der Waals surface area contributed by atoms with Crippen molar-refractivity contribution in [2.24, 2.45) is 9.98 Å². The Morgan fingerprint density at radius 2 is 1.14 bits per heavy atom. The second-order valence-electron chi connectivity index (χ2n) is 4.71. The maximum atomic E-state index is 11.0. The minimum Gasteiger partial charge on any atom is -0.211 e. The molecule has 2 rings (SSSR count). The molecule has 0 radical (unpaired) electrons. The summed E-state index contributed by atoms with van der Waals surface area (Å²) in [5.74, 6) is 0. The van der Waals surface area contributed by atoms with Crippen molar-refractivity contribution in [3.8, 4) is 0 Å². The van der Waals surface area contributed by atoms with Crippen molar-refractivity contribution in [3.63, 3.8) is 0 Å². The van der Waals surface area contributed by atoms with Crippen LogP contribution in [0.25, 0.3) is 0 Å². The molecule has 0 unspecified atom stereocenters. The average molecular weight is 278 g/mol. The molecule has 104 valence electrons. The molecule has 0 amide bonds. The zero-order valence-corrected chi connectivity index (χ0v) is 11.8. The van der Waals surface area contributed by atoms with Crippen LogP contribution >= 0.6 is 0 Å². The normalized spacial score (nSPS) is 10.4. The number of rotatable bonds is 4. The molecular weight excluding hydrogens is 264 g/mol. The molecule has 4 heteroatoms. The molecule has 0 bridgehead atoms. The van der Waals surface area contributed by atoms with Crippen LogP contribution in [0.2, 0.25) is 0 Å². The van der Waals surface area contributed by atoms with E-state index in [0.717, 1.165) is 11.1 Å². The van der Waals surface area contributed by atoms with E-state index in [4.69, 9.17) is 0 Å². The lowest BCUT2D eigenvalue weighted by atomic mass is 9.87. The Kier molecular flexibility index (Phi) is 4.24. The first-order valence-corrected chi connectivity index (χ1v) is 6.46. The molecule has 0 aliphatic carbocycles. The minimum absolute atomic E-state index is 0.658. The van der Waals surface area contributed by atoms with Gasteiger partial charge in [-0.05, 0) is 25.0 Å². The second kappa shape index (κ2) is 6.10. The number of aryl methyl sites for hydroxylation is 2. The Morgan fingerprint density at radius 3 is 1.48 bits per heavy atom. The Labute approximate surface area is 122 Å². The monoisotopic (exact) mass is 278 g/mol. The molecule has 0 saturated heterocycles. The number of aliphatic imine (C=N–C) groups is 2. The van der Waals surface area contributed by atoms with Crippen molar-refractivity contribution in [1.82, 2.24) is 0 Å². The highest BCUT2D eigenvalue weighted by atomic mass is 16.1. The van der Waals surface area contributed by atoms with Gasteiger partial charge >= 0.3 is 0 Å².